The highest BCUT2D eigenvalue weighted by atomic mass is 19.4. The van der Waals surface area contributed by atoms with Gasteiger partial charge in [0.2, 0.25) is 0 Å². The molecule has 0 radical (unpaired) electrons. The van der Waals surface area contributed by atoms with Crippen molar-refractivity contribution in [2.45, 2.75) is 63.2 Å². The van der Waals surface area contributed by atoms with E-state index >= 15 is 0 Å². The summed E-state index contributed by atoms with van der Waals surface area (Å²) in [4.78, 5) is 1.56. The van der Waals surface area contributed by atoms with Crippen molar-refractivity contribution >= 4 is 0 Å². The summed E-state index contributed by atoms with van der Waals surface area (Å²) in [6.07, 6.45) is 1.01. The van der Waals surface area contributed by atoms with Gasteiger partial charge in [-0.3, -0.25) is 10.2 Å². The van der Waals surface area contributed by atoms with Crippen molar-refractivity contribution in [2.24, 2.45) is 5.92 Å². The van der Waals surface area contributed by atoms with Gasteiger partial charge in [0.05, 0.1) is 12.6 Å². The minimum atomic E-state index is -4.13. The zero-order chi connectivity index (χ0) is 15.5. The second-order valence-electron chi connectivity index (χ2n) is 6.31. The number of nitriles is 1. The highest BCUT2D eigenvalue weighted by molar-refractivity contribution is 5.14. The van der Waals surface area contributed by atoms with E-state index in [9.17, 15) is 18.4 Å². The Hall–Kier alpha value is -0.800. The van der Waals surface area contributed by atoms with Gasteiger partial charge in [-0.25, -0.2) is 0 Å². The lowest BCUT2D eigenvalue weighted by molar-refractivity contribution is -0.147. The molecule has 3 nitrogen and oxygen atoms in total. The second kappa shape index (κ2) is 6.53. The summed E-state index contributed by atoms with van der Waals surface area (Å²) < 4.78 is 37.9. The second-order valence-corrected chi connectivity index (χ2v) is 6.31. The Kier molecular flexibility index (Phi) is 5.15. The molecule has 0 aromatic carbocycles. The fraction of sp³-hybridized carbons (Fsp3) is 0.933. The predicted molar refractivity (Wildman–Crippen MR) is 74.6 cm³/mol. The Bertz CT molecular complexity index is 387. The maximum Gasteiger partial charge on any atom is 0.401 e. The summed E-state index contributed by atoms with van der Waals surface area (Å²) in [6, 6.07) is 2.49. The Morgan fingerprint density at radius 3 is 2.57 bits per heavy atom. The summed E-state index contributed by atoms with van der Waals surface area (Å²) >= 11 is 0. The number of nitrogens with zero attached hydrogens (tertiary/aromatic N) is 2. The van der Waals surface area contributed by atoms with Crippen molar-refractivity contribution in [3.63, 3.8) is 0 Å². The number of rotatable bonds is 7. The van der Waals surface area contributed by atoms with Crippen LogP contribution in [-0.2, 0) is 0 Å². The number of hydrogen-bond acceptors (Lipinski definition) is 3. The smallest absolute Gasteiger partial charge is 0.299 e. The molecule has 6 heteroatoms. The van der Waals surface area contributed by atoms with Gasteiger partial charge in [0.25, 0.3) is 0 Å². The maximum absolute atomic E-state index is 12.6. The van der Waals surface area contributed by atoms with Crippen LogP contribution in [0.2, 0.25) is 0 Å². The van der Waals surface area contributed by atoms with E-state index in [1.54, 1.807) is 4.90 Å². The molecule has 0 saturated heterocycles. The Morgan fingerprint density at radius 1 is 1.33 bits per heavy atom. The molecular weight excluding hydrogens is 279 g/mol. The van der Waals surface area contributed by atoms with Gasteiger partial charge in [-0.2, -0.15) is 18.4 Å². The third-order valence-corrected chi connectivity index (χ3v) is 4.72. The third kappa shape index (κ3) is 4.33. The van der Waals surface area contributed by atoms with Crippen LogP contribution in [0.5, 0.6) is 0 Å². The molecule has 0 aromatic heterocycles. The molecule has 2 rings (SSSR count). The van der Waals surface area contributed by atoms with E-state index in [4.69, 9.17) is 0 Å². The molecule has 0 aromatic rings. The number of halogens is 3. The van der Waals surface area contributed by atoms with E-state index in [1.807, 2.05) is 6.92 Å². The largest absolute Gasteiger partial charge is 0.401 e. The first-order chi connectivity index (χ1) is 9.90. The van der Waals surface area contributed by atoms with Crippen LogP contribution >= 0.6 is 0 Å². The van der Waals surface area contributed by atoms with Crippen molar-refractivity contribution in [1.29, 1.82) is 5.26 Å². The standard InChI is InChI=1S/C15H24F3N3/c1-2-20-14(10-19)8-3-4-12(14)7-9-21(13-5-6-13)11-15(16,17)18/h12-13,20H,2-9,11H2,1H3. The van der Waals surface area contributed by atoms with Crippen molar-refractivity contribution in [3.8, 4) is 6.07 Å². The van der Waals surface area contributed by atoms with Crippen LogP contribution in [0.25, 0.3) is 0 Å². The molecule has 0 heterocycles. The van der Waals surface area contributed by atoms with Crippen molar-refractivity contribution in [3.05, 3.63) is 0 Å². The molecule has 2 aliphatic rings. The topological polar surface area (TPSA) is 39.1 Å². The van der Waals surface area contributed by atoms with E-state index in [2.05, 4.69) is 11.4 Å². The van der Waals surface area contributed by atoms with E-state index in [0.717, 1.165) is 38.6 Å². The van der Waals surface area contributed by atoms with E-state index < -0.39 is 18.3 Å². The fourth-order valence-corrected chi connectivity index (χ4v) is 3.59. The van der Waals surface area contributed by atoms with Gasteiger partial charge in [-0.1, -0.05) is 13.3 Å². The van der Waals surface area contributed by atoms with E-state index in [1.165, 1.54) is 0 Å². The number of nitrogens with one attached hydrogen (secondary N) is 1. The lowest BCUT2D eigenvalue weighted by Gasteiger charge is -2.32. The van der Waals surface area contributed by atoms with Crippen LogP contribution in [0.3, 0.4) is 0 Å². The lowest BCUT2D eigenvalue weighted by Crippen LogP contribution is -2.48. The molecule has 0 aliphatic heterocycles. The first kappa shape index (κ1) is 16.6. The molecule has 2 saturated carbocycles. The zero-order valence-corrected chi connectivity index (χ0v) is 12.5. The molecule has 1 N–H and O–H groups in total. The minimum Gasteiger partial charge on any atom is -0.299 e. The molecule has 2 aliphatic carbocycles. The predicted octanol–water partition coefficient (Wildman–Crippen LogP) is 3.08. The zero-order valence-electron chi connectivity index (χ0n) is 12.5. The Balaban J connectivity index is 1.92. The Labute approximate surface area is 124 Å². The van der Waals surface area contributed by atoms with Crippen LogP contribution in [0.1, 0.15) is 45.4 Å². The normalized spacial score (nSPS) is 29.8. The van der Waals surface area contributed by atoms with E-state index in [-0.39, 0.29) is 12.0 Å². The summed E-state index contributed by atoms with van der Waals surface area (Å²) in [5, 5.41) is 12.8. The molecule has 2 atom stereocenters. The SMILES string of the molecule is CCNC1(C#N)CCCC1CCN(CC(F)(F)F)C1CC1. The monoisotopic (exact) mass is 303 g/mol. The highest BCUT2D eigenvalue weighted by Crippen LogP contribution is 2.39. The van der Waals surface area contributed by atoms with Crippen molar-refractivity contribution in [1.82, 2.24) is 10.2 Å². The van der Waals surface area contributed by atoms with Crippen LogP contribution < -0.4 is 5.32 Å². The fourth-order valence-electron chi connectivity index (χ4n) is 3.59. The number of alkyl halides is 3. The quantitative estimate of drug-likeness (QED) is 0.785. The third-order valence-electron chi connectivity index (χ3n) is 4.72. The molecule has 2 unspecified atom stereocenters. The molecular formula is C15H24F3N3. The van der Waals surface area contributed by atoms with Crippen molar-refractivity contribution < 1.29 is 13.2 Å². The first-order valence-corrected chi connectivity index (χ1v) is 7.87. The average molecular weight is 303 g/mol. The van der Waals surface area contributed by atoms with Gasteiger partial charge >= 0.3 is 6.18 Å². The van der Waals surface area contributed by atoms with Gasteiger partial charge in [0.15, 0.2) is 0 Å². The van der Waals surface area contributed by atoms with Crippen molar-refractivity contribution in [2.75, 3.05) is 19.6 Å². The van der Waals surface area contributed by atoms with E-state index in [0.29, 0.717) is 13.0 Å². The van der Waals surface area contributed by atoms with Gasteiger partial charge < -0.3 is 0 Å². The first-order valence-electron chi connectivity index (χ1n) is 7.87. The maximum atomic E-state index is 12.6. The summed E-state index contributed by atoms with van der Waals surface area (Å²) in [7, 11) is 0. The summed E-state index contributed by atoms with van der Waals surface area (Å²) in [5.41, 5.74) is -0.526. The number of hydrogen-bond donors (Lipinski definition) is 1. The average Bonchev–Trinajstić information content (AvgIpc) is 3.17. The molecule has 0 amide bonds. The highest BCUT2D eigenvalue weighted by Gasteiger charge is 2.44. The van der Waals surface area contributed by atoms with Crippen LogP contribution in [0.15, 0.2) is 0 Å². The summed E-state index contributed by atoms with van der Waals surface area (Å²) in [5.74, 6) is 0.164. The van der Waals surface area contributed by atoms with Crippen LogP contribution in [0, 0.1) is 17.2 Å². The van der Waals surface area contributed by atoms with Gasteiger partial charge in [0, 0.05) is 6.04 Å². The minimum absolute atomic E-state index is 0.101. The van der Waals surface area contributed by atoms with Gasteiger partial charge in [-0.05, 0) is 51.1 Å². The Morgan fingerprint density at radius 2 is 2.05 bits per heavy atom. The molecule has 21 heavy (non-hydrogen) atoms. The van der Waals surface area contributed by atoms with Gasteiger partial charge in [0.1, 0.15) is 5.54 Å². The molecule has 2 fully saturated rings. The summed E-state index contributed by atoms with van der Waals surface area (Å²) in [6.45, 7) is 2.32. The van der Waals surface area contributed by atoms with Crippen LogP contribution in [-0.4, -0.2) is 42.3 Å². The molecule has 0 bridgehead atoms. The van der Waals surface area contributed by atoms with Crippen LogP contribution in [0.4, 0.5) is 13.2 Å². The molecule has 0 spiro atoms. The lowest BCUT2D eigenvalue weighted by atomic mass is 9.85. The molecule has 120 valence electrons. The van der Waals surface area contributed by atoms with Gasteiger partial charge in [-0.15, -0.1) is 0 Å².